The van der Waals surface area contributed by atoms with Crippen LogP contribution in [0.25, 0.3) is 0 Å². The summed E-state index contributed by atoms with van der Waals surface area (Å²) in [6.45, 7) is 13.9. The van der Waals surface area contributed by atoms with Gasteiger partial charge in [-0.3, -0.25) is 0 Å². The summed E-state index contributed by atoms with van der Waals surface area (Å²) in [6.07, 6.45) is 2.15. The van der Waals surface area contributed by atoms with Gasteiger partial charge in [0, 0.05) is 6.42 Å². The number of rotatable bonds is 19. The lowest BCUT2D eigenvalue weighted by molar-refractivity contribution is -0.399. The molecule has 4 aromatic rings. The summed E-state index contributed by atoms with van der Waals surface area (Å²) < 4.78 is 41.5. The molecule has 0 radical (unpaired) electrons. The third-order valence-electron chi connectivity index (χ3n) is 8.72. The first-order valence-corrected chi connectivity index (χ1v) is 17.1. The third-order valence-corrected chi connectivity index (χ3v) is 8.72. The molecule has 0 amide bonds. The quantitative estimate of drug-likeness (QED) is 0.0935. The molecule has 258 valence electrons. The van der Waals surface area contributed by atoms with E-state index >= 15 is 0 Å². The first kappa shape index (κ1) is 36.4. The van der Waals surface area contributed by atoms with E-state index in [9.17, 15) is 0 Å². The second-order valence-corrected chi connectivity index (χ2v) is 12.8. The van der Waals surface area contributed by atoms with Crippen LogP contribution in [0.4, 0.5) is 0 Å². The lowest BCUT2D eigenvalue weighted by Gasteiger charge is -2.58. The number of ether oxygens (including phenoxy) is 6. The van der Waals surface area contributed by atoms with Gasteiger partial charge >= 0.3 is 0 Å². The molecular weight excluding hydrogens is 612 g/mol. The Morgan fingerprint density at radius 2 is 1.06 bits per heavy atom. The number of benzene rings is 4. The van der Waals surface area contributed by atoms with E-state index in [1.54, 1.807) is 0 Å². The first-order valence-electron chi connectivity index (χ1n) is 17.1. The van der Waals surface area contributed by atoms with Crippen LogP contribution in [0.5, 0.6) is 0 Å². The van der Waals surface area contributed by atoms with Crippen molar-refractivity contribution >= 4 is 0 Å². The van der Waals surface area contributed by atoms with Crippen LogP contribution in [0.2, 0.25) is 0 Å². The first-order chi connectivity index (χ1) is 24.0. The Labute approximate surface area is 292 Å². The zero-order chi connectivity index (χ0) is 34.4. The van der Waals surface area contributed by atoms with Crippen LogP contribution in [0.3, 0.4) is 0 Å². The molecule has 1 aliphatic rings. The minimum atomic E-state index is -1.14. The van der Waals surface area contributed by atoms with Gasteiger partial charge in [-0.15, -0.1) is 13.2 Å². The van der Waals surface area contributed by atoms with Gasteiger partial charge in [0.15, 0.2) is 11.9 Å². The van der Waals surface area contributed by atoms with E-state index in [2.05, 4.69) is 37.4 Å². The Kier molecular flexibility index (Phi) is 13.5. The van der Waals surface area contributed by atoms with Crippen molar-refractivity contribution in [3.63, 3.8) is 0 Å². The van der Waals surface area contributed by atoms with Crippen molar-refractivity contribution in [2.24, 2.45) is 0 Å². The Bertz CT molecular complexity index is 1530. The third kappa shape index (κ3) is 9.64. The van der Waals surface area contributed by atoms with Crippen molar-refractivity contribution in [2.45, 2.75) is 88.9 Å². The summed E-state index contributed by atoms with van der Waals surface area (Å²) in [5, 5.41) is 0. The fourth-order valence-electron chi connectivity index (χ4n) is 6.36. The molecule has 6 heteroatoms. The van der Waals surface area contributed by atoms with Crippen LogP contribution in [0, 0.1) is 0 Å². The second-order valence-electron chi connectivity index (χ2n) is 12.8. The molecule has 0 aliphatic carbocycles. The van der Waals surface area contributed by atoms with E-state index in [-0.39, 0.29) is 12.7 Å². The highest BCUT2D eigenvalue weighted by molar-refractivity contribution is 5.19. The highest BCUT2D eigenvalue weighted by atomic mass is 16.7. The van der Waals surface area contributed by atoms with Crippen LogP contribution in [0.1, 0.15) is 48.9 Å². The van der Waals surface area contributed by atoms with Crippen molar-refractivity contribution < 1.29 is 28.4 Å². The van der Waals surface area contributed by atoms with Crippen molar-refractivity contribution in [3.8, 4) is 0 Å². The summed E-state index contributed by atoms with van der Waals surface area (Å²) in [4.78, 5) is 0. The van der Waals surface area contributed by atoms with Gasteiger partial charge in [-0.05, 0) is 42.5 Å². The monoisotopic (exact) mass is 662 g/mol. The number of hydrogen-bond acceptors (Lipinski definition) is 6. The predicted molar refractivity (Wildman–Crippen MR) is 194 cm³/mol. The second kappa shape index (κ2) is 18.2. The molecule has 5 rings (SSSR count). The standard InChI is InChI=1S/C43H50O6/c1-5-27-42(33-44-29-35-19-11-7-12-20-35)39(45-30-36-21-13-8-14-22-36)40(46-31-37-23-15-9-16-24-37)43(28-6-2,41(49-42)48-34(3)4)47-32-38-25-17-10-18-26-38/h5-26,34,39-41H,1-2,27-33H2,3-4H3/t39-,40-,41+,42+,43-/m0/s1. The molecule has 1 heterocycles. The Hall–Kier alpha value is -3.88. The molecule has 0 spiro atoms. The average molecular weight is 663 g/mol. The molecule has 0 bridgehead atoms. The van der Waals surface area contributed by atoms with E-state index in [0.717, 1.165) is 22.3 Å². The molecule has 49 heavy (non-hydrogen) atoms. The van der Waals surface area contributed by atoms with Crippen molar-refractivity contribution in [3.05, 3.63) is 169 Å². The average Bonchev–Trinajstić information content (AvgIpc) is 3.12. The summed E-state index contributed by atoms with van der Waals surface area (Å²) in [5.74, 6) is 0. The molecule has 1 saturated heterocycles. The highest BCUT2D eigenvalue weighted by Gasteiger charge is 2.64. The molecule has 0 unspecified atom stereocenters. The van der Waals surface area contributed by atoms with Crippen LogP contribution in [-0.2, 0) is 54.8 Å². The van der Waals surface area contributed by atoms with Gasteiger partial charge < -0.3 is 28.4 Å². The zero-order valence-electron chi connectivity index (χ0n) is 28.8. The van der Waals surface area contributed by atoms with Crippen molar-refractivity contribution in [2.75, 3.05) is 6.61 Å². The Morgan fingerprint density at radius 1 is 0.612 bits per heavy atom. The molecule has 6 nitrogen and oxygen atoms in total. The van der Waals surface area contributed by atoms with E-state index in [1.807, 2.05) is 123 Å². The highest BCUT2D eigenvalue weighted by Crippen LogP contribution is 2.47. The minimum Gasteiger partial charge on any atom is -0.374 e. The largest absolute Gasteiger partial charge is 0.374 e. The predicted octanol–water partition coefficient (Wildman–Crippen LogP) is 9.00. The van der Waals surface area contributed by atoms with E-state index in [1.165, 1.54) is 0 Å². The van der Waals surface area contributed by atoms with Crippen molar-refractivity contribution in [1.29, 1.82) is 0 Å². The maximum atomic E-state index is 7.21. The van der Waals surface area contributed by atoms with E-state index in [0.29, 0.717) is 39.3 Å². The summed E-state index contributed by atoms with van der Waals surface area (Å²) in [7, 11) is 0. The van der Waals surface area contributed by atoms with Gasteiger partial charge in [-0.1, -0.05) is 133 Å². The van der Waals surface area contributed by atoms with Gasteiger partial charge in [0.25, 0.3) is 0 Å². The van der Waals surface area contributed by atoms with E-state index < -0.39 is 29.7 Å². The maximum Gasteiger partial charge on any atom is 0.190 e. The summed E-state index contributed by atoms with van der Waals surface area (Å²) >= 11 is 0. The smallest absolute Gasteiger partial charge is 0.190 e. The number of hydrogen-bond donors (Lipinski definition) is 0. The molecule has 0 N–H and O–H groups in total. The SMILES string of the molecule is C=CC[C@]1(COCc2ccccc2)O[C@@H](OC(C)C)[C@@](CC=C)(OCc2ccccc2)[C@@H](OCc2ccccc2)[C@@H]1OCc1ccccc1. The summed E-state index contributed by atoms with van der Waals surface area (Å²) in [5.41, 5.74) is 1.97. The molecule has 0 saturated carbocycles. The molecule has 1 aliphatic heterocycles. The lowest BCUT2D eigenvalue weighted by Crippen LogP contribution is -2.74. The molecular formula is C43H50O6. The van der Waals surface area contributed by atoms with Gasteiger partial charge in [0.2, 0.25) is 0 Å². The van der Waals surface area contributed by atoms with Gasteiger partial charge in [-0.25, -0.2) is 0 Å². The Morgan fingerprint density at radius 3 is 1.53 bits per heavy atom. The minimum absolute atomic E-state index is 0.183. The van der Waals surface area contributed by atoms with E-state index in [4.69, 9.17) is 28.4 Å². The Balaban J connectivity index is 1.61. The molecule has 0 aromatic heterocycles. The normalized spacial score (nSPS) is 23.7. The van der Waals surface area contributed by atoms with Crippen LogP contribution in [-0.4, -0.2) is 42.4 Å². The topological polar surface area (TPSA) is 55.4 Å². The molecule has 4 aromatic carbocycles. The fourth-order valence-corrected chi connectivity index (χ4v) is 6.36. The van der Waals surface area contributed by atoms with Gasteiger partial charge in [-0.2, -0.15) is 0 Å². The van der Waals surface area contributed by atoms with Crippen LogP contribution < -0.4 is 0 Å². The lowest BCUT2D eigenvalue weighted by atomic mass is 9.76. The van der Waals surface area contributed by atoms with Crippen LogP contribution in [0.15, 0.2) is 147 Å². The van der Waals surface area contributed by atoms with Crippen LogP contribution >= 0.6 is 0 Å². The molecule has 5 atom stereocenters. The fraction of sp³-hybridized carbons (Fsp3) is 0.349. The van der Waals surface area contributed by atoms with Gasteiger partial charge in [0.1, 0.15) is 17.8 Å². The van der Waals surface area contributed by atoms with Crippen molar-refractivity contribution in [1.82, 2.24) is 0 Å². The van der Waals surface area contributed by atoms with Gasteiger partial charge in [0.05, 0.1) is 39.1 Å². The zero-order valence-corrected chi connectivity index (χ0v) is 28.8. The maximum absolute atomic E-state index is 7.21. The summed E-state index contributed by atoms with van der Waals surface area (Å²) in [6, 6.07) is 40.5. The molecule has 1 fully saturated rings.